The van der Waals surface area contributed by atoms with Crippen LogP contribution in [0.25, 0.3) is 10.9 Å². The summed E-state index contributed by atoms with van der Waals surface area (Å²) in [5, 5.41) is 18.3. The van der Waals surface area contributed by atoms with Crippen LogP contribution < -0.4 is 4.90 Å². The van der Waals surface area contributed by atoms with E-state index in [1.165, 1.54) is 4.90 Å². The van der Waals surface area contributed by atoms with Crippen LogP contribution in [-0.2, 0) is 5.41 Å². The fourth-order valence-corrected chi connectivity index (χ4v) is 5.82. The Bertz CT molecular complexity index is 1410. The molecule has 1 aromatic carbocycles. The van der Waals surface area contributed by atoms with Gasteiger partial charge >= 0.3 is 6.18 Å². The summed E-state index contributed by atoms with van der Waals surface area (Å²) in [6.07, 6.45) is -2.11. The molecule has 4 heterocycles. The van der Waals surface area contributed by atoms with Crippen LogP contribution in [0.1, 0.15) is 46.6 Å². The third-order valence-corrected chi connectivity index (χ3v) is 7.76. The fourth-order valence-electron chi connectivity index (χ4n) is 5.82. The molecule has 1 saturated carbocycles. The van der Waals surface area contributed by atoms with E-state index in [2.05, 4.69) is 21.3 Å². The average molecular weight is 472 g/mol. The molecule has 6 rings (SSSR count). The Kier molecular flexibility index (Phi) is 3.82. The van der Waals surface area contributed by atoms with Gasteiger partial charge in [-0.2, -0.15) is 18.4 Å². The number of hydrogen-bond acceptors (Lipinski definition) is 7. The van der Waals surface area contributed by atoms with E-state index in [-0.39, 0.29) is 37.2 Å². The number of alkyl halides is 3. The van der Waals surface area contributed by atoms with Crippen LogP contribution >= 0.6 is 0 Å². The van der Waals surface area contributed by atoms with Crippen molar-refractivity contribution in [2.45, 2.75) is 36.8 Å². The lowest BCUT2D eigenvalue weighted by Gasteiger charge is -2.26. The topological polar surface area (TPSA) is 82.1 Å². The smallest absolute Gasteiger partial charge is 0.397 e. The summed E-state index contributed by atoms with van der Waals surface area (Å²) in [6, 6.07) is 8.79. The third kappa shape index (κ3) is 2.89. The molecule has 2 saturated heterocycles. The molecule has 0 bridgehead atoms. The van der Waals surface area contributed by atoms with Crippen LogP contribution in [0, 0.1) is 16.7 Å². The first-order chi connectivity index (χ1) is 17.5. The Morgan fingerprint density at radius 3 is 2.76 bits per heavy atom. The minimum Gasteiger partial charge on any atom is -0.424 e. The van der Waals surface area contributed by atoms with Crippen molar-refractivity contribution in [3.63, 3.8) is 0 Å². The fraction of sp³-hybridized carbons (Fsp3) is 0.500. The maximum absolute atomic E-state index is 14.5. The quantitative estimate of drug-likeness (QED) is 0.571. The van der Waals surface area contributed by atoms with Gasteiger partial charge in [-0.15, -0.1) is 10.2 Å². The standard InChI is InChI=1S/C24H23F3N6O/c1-32-9-6-15(7-10-32)20-30-31-21(34-20)22-12-23(22,24(25,26)27)14-33(13-22)18-5-4-16(11-28)19-17(18)3-2-8-29-19/h2-5,8,15H,6-7,9-10,12-14H2,1H3/t22-,23-/m0/s1/i1D3. The number of fused-ring (bicyclic) bond motifs is 2. The number of pyridine rings is 1. The molecule has 3 aromatic rings. The highest BCUT2D eigenvalue weighted by molar-refractivity contribution is 5.95. The van der Waals surface area contributed by atoms with Gasteiger partial charge in [0.05, 0.1) is 16.5 Å². The van der Waals surface area contributed by atoms with E-state index < -0.39 is 24.0 Å². The molecule has 1 aliphatic carbocycles. The summed E-state index contributed by atoms with van der Waals surface area (Å²) in [6.45, 7) is -1.75. The van der Waals surface area contributed by atoms with E-state index in [1.807, 2.05) is 0 Å². The number of hydrogen-bond donors (Lipinski definition) is 0. The van der Waals surface area contributed by atoms with E-state index in [4.69, 9.17) is 8.53 Å². The van der Waals surface area contributed by atoms with Gasteiger partial charge in [0, 0.05) is 40.4 Å². The van der Waals surface area contributed by atoms with Crippen molar-refractivity contribution in [3.8, 4) is 6.07 Å². The Morgan fingerprint density at radius 1 is 1.21 bits per heavy atom. The number of benzene rings is 1. The number of nitriles is 1. The monoisotopic (exact) mass is 471 g/mol. The number of piperidine rings is 2. The van der Waals surface area contributed by atoms with E-state index in [0.717, 1.165) is 0 Å². The van der Waals surface area contributed by atoms with E-state index in [1.54, 1.807) is 35.4 Å². The minimum atomic E-state index is -4.48. The molecule has 0 amide bonds. The first-order valence-corrected chi connectivity index (χ1v) is 11.2. The van der Waals surface area contributed by atoms with Crippen molar-refractivity contribution in [1.82, 2.24) is 20.1 Å². The number of anilines is 1. The van der Waals surface area contributed by atoms with E-state index in [9.17, 15) is 18.4 Å². The van der Waals surface area contributed by atoms with Gasteiger partial charge in [0.1, 0.15) is 11.5 Å². The average Bonchev–Trinajstić information content (AvgIpc) is 3.18. The molecule has 0 radical (unpaired) electrons. The normalized spacial score (nSPS) is 29.4. The molecule has 3 aliphatic rings. The summed E-state index contributed by atoms with van der Waals surface area (Å²) >= 11 is 0. The summed E-state index contributed by atoms with van der Waals surface area (Å²) in [5.74, 6) is 0.0574. The van der Waals surface area contributed by atoms with Gasteiger partial charge in [-0.1, -0.05) is 0 Å². The van der Waals surface area contributed by atoms with Crippen LogP contribution in [0.15, 0.2) is 34.9 Å². The van der Waals surface area contributed by atoms with E-state index >= 15 is 0 Å². The molecule has 176 valence electrons. The third-order valence-electron chi connectivity index (χ3n) is 7.76. The molecule has 0 unspecified atom stereocenters. The van der Waals surface area contributed by atoms with Crippen LogP contribution in [0.3, 0.4) is 0 Å². The van der Waals surface area contributed by atoms with Gasteiger partial charge in [-0.3, -0.25) is 4.98 Å². The van der Waals surface area contributed by atoms with Gasteiger partial charge in [0.25, 0.3) is 0 Å². The molecule has 2 aromatic heterocycles. The Morgan fingerprint density at radius 2 is 2.03 bits per heavy atom. The van der Waals surface area contributed by atoms with Crippen molar-refractivity contribution in [2.24, 2.45) is 5.41 Å². The first kappa shape index (κ1) is 18.2. The Balaban J connectivity index is 1.31. The number of halogens is 3. The van der Waals surface area contributed by atoms with Crippen LogP contribution in [0.4, 0.5) is 18.9 Å². The van der Waals surface area contributed by atoms with Gasteiger partial charge in [-0.25, -0.2) is 0 Å². The zero-order chi connectivity index (χ0) is 26.2. The van der Waals surface area contributed by atoms with Gasteiger partial charge in [0.2, 0.25) is 11.8 Å². The summed E-state index contributed by atoms with van der Waals surface area (Å²) < 4.78 is 72.2. The van der Waals surface area contributed by atoms with Crippen molar-refractivity contribution in [1.29, 1.82) is 5.26 Å². The summed E-state index contributed by atoms with van der Waals surface area (Å²) in [4.78, 5) is 7.37. The Hall–Kier alpha value is -3.19. The first-order valence-electron chi connectivity index (χ1n) is 12.7. The maximum atomic E-state index is 14.5. The number of rotatable bonds is 3. The molecule has 34 heavy (non-hydrogen) atoms. The molecule has 2 atom stereocenters. The van der Waals surface area contributed by atoms with Crippen LogP contribution in [0.5, 0.6) is 0 Å². The van der Waals surface area contributed by atoms with Crippen molar-refractivity contribution < 1.29 is 21.7 Å². The lowest BCUT2D eigenvalue weighted by molar-refractivity contribution is -0.187. The molecular formula is C24H23F3N6O. The van der Waals surface area contributed by atoms with Gasteiger partial charge in [-0.05, 0) is 63.6 Å². The van der Waals surface area contributed by atoms with Crippen molar-refractivity contribution in [2.75, 3.05) is 38.1 Å². The molecule has 2 aliphatic heterocycles. The molecule has 10 heteroatoms. The highest BCUT2D eigenvalue weighted by atomic mass is 19.4. The molecule has 3 fully saturated rings. The van der Waals surface area contributed by atoms with Crippen molar-refractivity contribution in [3.05, 3.63) is 47.8 Å². The largest absolute Gasteiger partial charge is 0.424 e. The molecule has 7 nitrogen and oxygen atoms in total. The lowest BCUT2D eigenvalue weighted by atomic mass is 9.95. The maximum Gasteiger partial charge on any atom is 0.397 e. The van der Waals surface area contributed by atoms with E-state index in [0.29, 0.717) is 48.1 Å². The van der Waals surface area contributed by atoms with Crippen LogP contribution in [-0.4, -0.2) is 59.4 Å². The summed E-state index contributed by atoms with van der Waals surface area (Å²) in [7, 11) is 0. The number of aromatic nitrogens is 3. The highest BCUT2D eigenvalue weighted by Crippen LogP contribution is 2.75. The summed E-state index contributed by atoms with van der Waals surface area (Å²) in [5.41, 5.74) is -2.00. The van der Waals surface area contributed by atoms with Gasteiger partial charge < -0.3 is 14.2 Å². The predicted octanol–water partition coefficient (Wildman–Crippen LogP) is 4.01. The molecule has 0 N–H and O–H groups in total. The number of nitrogens with zero attached hydrogens (tertiary/aromatic N) is 6. The zero-order valence-corrected chi connectivity index (χ0v) is 18.1. The second-order valence-corrected chi connectivity index (χ2v) is 9.55. The Labute approximate surface area is 198 Å². The number of likely N-dealkylation sites (tertiary alicyclic amines) is 1. The van der Waals surface area contributed by atoms with Crippen molar-refractivity contribution >= 4 is 16.6 Å². The SMILES string of the molecule is [2H]C([2H])([2H])N1CCC(c2nnc([C@]34CN(c5ccc(C#N)c6ncccc56)C[C@@]3(C(F)(F)F)C4)o2)CC1. The predicted molar refractivity (Wildman–Crippen MR) is 117 cm³/mol. The second kappa shape index (κ2) is 7.15. The molecule has 0 spiro atoms. The lowest BCUT2D eigenvalue weighted by Crippen LogP contribution is -2.34. The zero-order valence-electron chi connectivity index (χ0n) is 21.1. The molecular weight excluding hydrogens is 445 g/mol. The second-order valence-electron chi connectivity index (χ2n) is 9.55. The minimum absolute atomic E-state index is 0.0170. The highest BCUT2D eigenvalue weighted by Gasteiger charge is 2.86. The van der Waals surface area contributed by atoms with Gasteiger partial charge in [0.15, 0.2) is 0 Å². The van der Waals surface area contributed by atoms with Crippen LogP contribution in [0.2, 0.25) is 0 Å².